The number of aromatic nitrogens is 2. The second-order valence-electron chi connectivity index (χ2n) is 5.03. The first-order chi connectivity index (χ1) is 10.6. The Hall–Kier alpha value is -2.06. The molecule has 2 atom stereocenters. The molecule has 0 amide bonds. The average Bonchev–Trinajstić information content (AvgIpc) is 3.10. The predicted molar refractivity (Wildman–Crippen MR) is 72.3 cm³/mol. The first kappa shape index (κ1) is 14.9. The van der Waals surface area contributed by atoms with Gasteiger partial charge in [-0.05, 0) is 18.2 Å². The van der Waals surface area contributed by atoms with Gasteiger partial charge in [-0.1, -0.05) is 0 Å². The van der Waals surface area contributed by atoms with Gasteiger partial charge in [-0.25, -0.2) is 18.6 Å². The van der Waals surface area contributed by atoms with E-state index in [0.717, 1.165) is 0 Å². The third-order valence-corrected chi connectivity index (χ3v) is 3.62. The molecule has 1 aromatic heterocycles. The summed E-state index contributed by atoms with van der Waals surface area (Å²) < 4.78 is 36.8. The summed E-state index contributed by atoms with van der Waals surface area (Å²) in [5, 5.41) is 9.07. The number of rotatable bonds is 5. The molecular weight excluding hydrogens is 298 g/mol. The molecule has 118 valence electrons. The van der Waals surface area contributed by atoms with E-state index < -0.39 is 25.1 Å². The normalized spacial score (nSPS) is 21.8. The third kappa shape index (κ3) is 2.79. The number of alkyl halides is 2. The van der Waals surface area contributed by atoms with E-state index in [9.17, 15) is 13.6 Å². The van der Waals surface area contributed by atoms with Gasteiger partial charge in [0.1, 0.15) is 12.7 Å². The molecule has 1 aliphatic heterocycles. The van der Waals surface area contributed by atoms with Crippen molar-refractivity contribution in [2.24, 2.45) is 0 Å². The van der Waals surface area contributed by atoms with Gasteiger partial charge in [-0.15, -0.1) is 0 Å². The summed E-state index contributed by atoms with van der Waals surface area (Å²) in [5.41, 5.74) is 1.38. The molecule has 2 aromatic rings. The van der Waals surface area contributed by atoms with Crippen LogP contribution in [0.2, 0.25) is 0 Å². The average molecular weight is 312 g/mol. The van der Waals surface area contributed by atoms with Gasteiger partial charge in [0.25, 0.3) is 6.43 Å². The Bertz CT molecular complexity index is 689. The van der Waals surface area contributed by atoms with E-state index in [2.05, 4.69) is 4.98 Å². The molecule has 0 saturated carbocycles. The molecule has 8 heteroatoms. The van der Waals surface area contributed by atoms with Crippen LogP contribution in [0.25, 0.3) is 11.0 Å². The minimum atomic E-state index is -2.54. The first-order valence-corrected chi connectivity index (χ1v) is 6.73. The van der Waals surface area contributed by atoms with E-state index in [4.69, 9.17) is 14.6 Å². The van der Waals surface area contributed by atoms with E-state index in [1.807, 2.05) is 0 Å². The molecule has 0 radical (unpaired) electrons. The Morgan fingerprint density at radius 3 is 3.05 bits per heavy atom. The molecule has 1 aromatic carbocycles. The third-order valence-electron chi connectivity index (χ3n) is 3.62. The van der Waals surface area contributed by atoms with Crippen molar-refractivity contribution in [3.8, 4) is 0 Å². The summed E-state index contributed by atoms with van der Waals surface area (Å²) in [6.45, 7) is -0.135. The maximum atomic E-state index is 12.3. The Kier molecular flexibility index (Phi) is 4.04. The number of hydrogen-bond donors (Lipinski definition) is 1. The fraction of sp³-hybridized carbons (Fsp3) is 0.429. The van der Waals surface area contributed by atoms with Crippen LogP contribution in [0.4, 0.5) is 8.78 Å². The highest BCUT2D eigenvalue weighted by Crippen LogP contribution is 2.27. The van der Waals surface area contributed by atoms with Gasteiger partial charge in [0.2, 0.25) is 0 Å². The zero-order valence-electron chi connectivity index (χ0n) is 11.5. The summed E-state index contributed by atoms with van der Waals surface area (Å²) in [6, 6.07) is 4.28. The fourth-order valence-corrected chi connectivity index (χ4v) is 2.56. The number of carboxylic acids is 1. The molecule has 1 saturated heterocycles. The lowest BCUT2D eigenvalue weighted by Crippen LogP contribution is -2.27. The molecule has 6 nitrogen and oxygen atoms in total. The number of imidazole rings is 1. The van der Waals surface area contributed by atoms with Gasteiger partial charge in [0.15, 0.2) is 0 Å². The van der Waals surface area contributed by atoms with Crippen LogP contribution in [0.3, 0.4) is 0 Å². The smallest absolute Gasteiger partial charge is 0.335 e. The lowest BCUT2D eigenvalue weighted by atomic mass is 10.1. The van der Waals surface area contributed by atoms with Gasteiger partial charge in [0.05, 0.1) is 42.2 Å². The number of aromatic carboxylic acids is 1. The van der Waals surface area contributed by atoms with Gasteiger partial charge >= 0.3 is 5.97 Å². The molecule has 1 aliphatic rings. The van der Waals surface area contributed by atoms with E-state index in [-0.39, 0.29) is 18.2 Å². The zero-order chi connectivity index (χ0) is 15.7. The Morgan fingerprint density at radius 1 is 1.50 bits per heavy atom. The van der Waals surface area contributed by atoms with Crippen LogP contribution in [-0.2, 0) is 9.47 Å². The predicted octanol–water partition coefficient (Wildman–Crippen LogP) is 1.96. The molecule has 0 unspecified atom stereocenters. The Labute approximate surface area is 124 Å². The topological polar surface area (TPSA) is 73.6 Å². The molecule has 0 bridgehead atoms. The monoisotopic (exact) mass is 312 g/mol. The van der Waals surface area contributed by atoms with Crippen LogP contribution in [0.5, 0.6) is 0 Å². The highest BCUT2D eigenvalue weighted by molar-refractivity contribution is 5.92. The number of nitrogens with zero attached hydrogens (tertiary/aromatic N) is 2. The number of benzene rings is 1. The molecule has 1 N–H and O–H groups in total. The van der Waals surface area contributed by atoms with Gasteiger partial charge in [0, 0.05) is 0 Å². The van der Waals surface area contributed by atoms with Crippen molar-refractivity contribution < 1.29 is 28.2 Å². The van der Waals surface area contributed by atoms with Crippen LogP contribution in [0.15, 0.2) is 24.5 Å². The van der Waals surface area contributed by atoms with Crippen LogP contribution < -0.4 is 0 Å². The number of hydrogen-bond acceptors (Lipinski definition) is 4. The first-order valence-electron chi connectivity index (χ1n) is 6.73. The maximum absolute atomic E-state index is 12.3. The number of halogens is 2. The quantitative estimate of drug-likeness (QED) is 0.913. The molecule has 22 heavy (non-hydrogen) atoms. The van der Waals surface area contributed by atoms with Crippen molar-refractivity contribution in [1.82, 2.24) is 9.55 Å². The van der Waals surface area contributed by atoms with Crippen molar-refractivity contribution in [3.63, 3.8) is 0 Å². The number of ether oxygens (including phenoxy) is 2. The largest absolute Gasteiger partial charge is 0.478 e. The molecular formula is C14H14F2N2O4. The fourth-order valence-electron chi connectivity index (χ4n) is 2.56. The van der Waals surface area contributed by atoms with Crippen molar-refractivity contribution in [2.75, 3.05) is 19.8 Å². The summed E-state index contributed by atoms with van der Waals surface area (Å²) in [6.07, 6.45) is -1.51. The molecule has 0 spiro atoms. The van der Waals surface area contributed by atoms with E-state index >= 15 is 0 Å². The zero-order valence-corrected chi connectivity index (χ0v) is 11.5. The summed E-state index contributed by atoms with van der Waals surface area (Å²) >= 11 is 0. The molecule has 3 rings (SSSR count). The van der Waals surface area contributed by atoms with E-state index in [0.29, 0.717) is 17.6 Å². The summed E-state index contributed by atoms with van der Waals surface area (Å²) in [4.78, 5) is 15.3. The Morgan fingerprint density at radius 2 is 2.32 bits per heavy atom. The van der Waals surface area contributed by atoms with E-state index in [1.165, 1.54) is 12.1 Å². The second kappa shape index (κ2) is 5.98. The van der Waals surface area contributed by atoms with Gasteiger partial charge < -0.3 is 19.1 Å². The van der Waals surface area contributed by atoms with Crippen molar-refractivity contribution in [1.29, 1.82) is 0 Å². The van der Waals surface area contributed by atoms with Crippen LogP contribution >= 0.6 is 0 Å². The lowest BCUT2D eigenvalue weighted by Gasteiger charge is -2.20. The maximum Gasteiger partial charge on any atom is 0.335 e. The highest BCUT2D eigenvalue weighted by Gasteiger charge is 2.32. The highest BCUT2D eigenvalue weighted by atomic mass is 19.3. The summed E-state index contributed by atoms with van der Waals surface area (Å²) in [5.74, 6) is -1.04. The lowest BCUT2D eigenvalue weighted by molar-refractivity contribution is -0.0354. The molecule has 1 fully saturated rings. The van der Waals surface area contributed by atoms with Gasteiger partial charge in [-0.2, -0.15) is 0 Å². The number of fused-ring (bicyclic) bond motifs is 1. The van der Waals surface area contributed by atoms with Crippen molar-refractivity contribution in [3.05, 3.63) is 30.1 Å². The minimum Gasteiger partial charge on any atom is -0.478 e. The minimum absolute atomic E-state index is 0.137. The van der Waals surface area contributed by atoms with E-state index in [1.54, 1.807) is 17.0 Å². The van der Waals surface area contributed by atoms with Crippen LogP contribution in [0, 0.1) is 0 Å². The molecule has 0 aliphatic carbocycles. The Balaban J connectivity index is 1.91. The van der Waals surface area contributed by atoms with Gasteiger partial charge in [-0.3, -0.25) is 0 Å². The number of carbonyl (C=O) groups is 1. The summed E-state index contributed by atoms with van der Waals surface area (Å²) in [7, 11) is 0. The molecule has 2 heterocycles. The van der Waals surface area contributed by atoms with Crippen LogP contribution in [-0.4, -0.2) is 53.0 Å². The van der Waals surface area contributed by atoms with Crippen molar-refractivity contribution in [2.45, 2.75) is 18.6 Å². The van der Waals surface area contributed by atoms with Crippen molar-refractivity contribution >= 4 is 17.0 Å². The standard InChI is InChI=1S/C14H14F2N2O4/c15-13(16)6-22-12-5-21-4-11(12)18-7-17-9-2-1-8(14(19)20)3-10(9)18/h1-3,7,11-13H,4-6H2,(H,19,20)/t11-,12+/m0/s1. The van der Waals surface area contributed by atoms with Crippen LogP contribution in [0.1, 0.15) is 16.4 Å². The SMILES string of the molecule is O=C(O)c1ccc2ncn([C@H]3COC[C@H]3OCC(F)F)c2c1. The number of carboxylic acid groups (broad SMARTS) is 1. The second-order valence-corrected chi connectivity index (χ2v) is 5.03.